The molecule has 50 valence electrons. The highest BCUT2D eigenvalue weighted by Gasteiger charge is 2.08. The summed E-state index contributed by atoms with van der Waals surface area (Å²) in [6.45, 7) is 2.36. The molecule has 0 aliphatic rings. The summed E-state index contributed by atoms with van der Waals surface area (Å²) in [5.41, 5.74) is 0. The Kier molecular flexibility index (Phi) is 3.90. The Hall–Kier alpha value is -0.680. The summed E-state index contributed by atoms with van der Waals surface area (Å²) in [6.07, 6.45) is 4.86. The van der Waals surface area contributed by atoms with Gasteiger partial charge >= 0.3 is 0 Å². The van der Waals surface area contributed by atoms with Crippen LogP contribution in [0.15, 0.2) is 0 Å². The molecule has 0 rings (SSSR count). The van der Waals surface area contributed by atoms with E-state index >= 15 is 0 Å². The molecule has 2 nitrogen and oxygen atoms in total. The topological polar surface area (TPSA) is 29.1 Å². The second-order valence-electron chi connectivity index (χ2n) is 1.42. The number of hydrogen-bond acceptors (Lipinski definition) is 1. The van der Waals surface area contributed by atoms with Crippen LogP contribution in [0.5, 0.6) is 0 Å². The van der Waals surface area contributed by atoms with Crippen LogP contribution in [0.1, 0.15) is 6.92 Å². The Bertz CT molecular complexity index is 138. The quantitative estimate of drug-likeness (QED) is 0.441. The van der Waals surface area contributed by atoms with Crippen molar-refractivity contribution in [3.8, 4) is 12.3 Å². The van der Waals surface area contributed by atoms with E-state index in [1.54, 1.807) is 6.92 Å². The van der Waals surface area contributed by atoms with Gasteiger partial charge in [-0.15, -0.1) is 6.42 Å². The monoisotopic (exact) mass is 145 g/mol. The first-order valence-corrected chi connectivity index (χ1v) is 3.04. The predicted molar refractivity (Wildman–Crippen MR) is 37.2 cm³/mol. The van der Waals surface area contributed by atoms with Gasteiger partial charge in [0.15, 0.2) is 5.38 Å². The molecular weight excluding hydrogens is 138 g/mol. The molecule has 1 atom stereocenters. The molecule has 0 aromatic carbocycles. The van der Waals surface area contributed by atoms with Gasteiger partial charge in [-0.25, -0.2) is 0 Å². The Morgan fingerprint density at radius 1 is 2.00 bits per heavy atom. The average Bonchev–Trinajstić information content (AvgIpc) is 1.87. The SMILES string of the molecule is C#C[C@@H](Cl)C(=O)NCC. The van der Waals surface area contributed by atoms with E-state index in [2.05, 4.69) is 11.2 Å². The maximum atomic E-state index is 10.6. The van der Waals surface area contributed by atoms with E-state index in [0.717, 1.165) is 0 Å². The van der Waals surface area contributed by atoms with Gasteiger partial charge in [0, 0.05) is 6.54 Å². The number of terminal acetylenes is 1. The highest BCUT2D eigenvalue weighted by molar-refractivity contribution is 6.32. The smallest absolute Gasteiger partial charge is 0.250 e. The summed E-state index contributed by atoms with van der Waals surface area (Å²) < 4.78 is 0. The lowest BCUT2D eigenvalue weighted by molar-refractivity contribution is -0.119. The van der Waals surface area contributed by atoms with E-state index in [-0.39, 0.29) is 5.91 Å². The molecule has 0 aliphatic heterocycles. The minimum absolute atomic E-state index is 0.304. The van der Waals surface area contributed by atoms with E-state index in [1.165, 1.54) is 0 Å². The molecule has 0 saturated heterocycles. The van der Waals surface area contributed by atoms with Crippen molar-refractivity contribution in [2.24, 2.45) is 0 Å². The lowest BCUT2D eigenvalue weighted by Gasteiger charge is -2.00. The van der Waals surface area contributed by atoms with Crippen LogP contribution in [0.2, 0.25) is 0 Å². The fraction of sp³-hybridized carbons (Fsp3) is 0.500. The number of carbonyl (C=O) groups excluding carboxylic acids is 1. The Morgan fingerprint density at radius 3 is 2.89 bits per heavy atom. The van der Waals surface area contributed by atoms with Crippen molar-refractivity contribution >= 4 is 17.5 Å². The number of hydrogen-bond donors (Lipinski definition) is 1. The second-order valence-corrected chi connectivity index (χ2v) is 1.86. The molecule has 0 spiro atoms. The highest BCUT2D eigenvalue weighted by atomic mass is 35.5. The van der Waals surface area contributed by atoms with Gasteiger partial charge in [-0.2, -0.15) is 0 Å². The van der Waals surface area contributed by atoms with E-state index < -0.39 is 5.38 Å². The molecule has 0 saturated carbocycles. The van der Waals surface area contributed by atoms with Crippen LogP contribution in [-0.4, -0.2) is 17.8 Å². The van der Waals surface area contributed by atoms with E-state index in [4.69, 9.17) is 18.0 Å². The van der Waals surface area contributed by atoms with Crippen LogP contribution in [0, 0.1) is 12.3 Å². The third-order valence-electron chi connectivity index (χ3n) is 0.728. The van der Waals surface area contributed by atoms with Gasteiger partial charge < -0.3 is 5.32 Å². The molecule has 0 fully saturated rings. The maximum Gasteiger partial charge on any atom is 0.250 e. The van der Waals surface area contributed by atoms with Gasteiger partial charge in [0.05, 0.1) is 0 Å². The van der Waals surface area contributed by atoms with Gasteiger partial charge in [0.2, 0.25) is 5.91 Å². The number of halogens is 1. The van der Waals surface area contributed by atoms with E-state index in [9.17, 15) is 4.79 Å². The molecule has 0 aromatic heterocycles. The number of rotatable bonds is 2. The standard InChI is InChI=1S/C6H8ClNO/c1-3-5(7)6(9)8-4-2/h1,5H,4H2,2H3,(H,8,9)/t5-/m1/s1. The lowest BCUT2D eigenvalue weighted by atomic mass is 10.4. The van der Waals surface area contributed by atoms with Crippen molar-refractivity contribution in [2.45, 2.75) is 12.3 Å². The van der Waals surface area contributed by atoms with Crippen molar-refractivity contribution in [3.63, 3.8) is 0 Å². The number of alkyl halides is 1. The normalized spacial score (nSPS) is 11.7. The van der Waals surface area contributed by atoms with Crippen molar-refractivity contribution < 1.29 is 4.79 Å². The predicted octanol–water partition coefficient (Wildman–Crippen LogP) is 0.363. The van der Waals surface area contributed by atoms with Gasteiger partial charge in [-0.1, -0.05) is 17.5 Å². The van der Waals surface area contributed by atoms with Crippen molar-refractivity contribution in [1.29, 1.82) is 0 Å². The molecule has 1 amide bonds. The van der Waals surface area contributed by atoms with E-state index in [0.29, 0.717) is 6.54 Å². The zero-order valence-electron chi connectivity index (χ0n) is 5.15. The third kappa shape index (κ3) is 2.99. The Labute approximate surface area is 59.6 Å². The second kappa shape index (κ2) is 4.22. The molecule has 9 heavy (non-hydrogen) atoms. The first kappa shape index (κ1) is 8.32. The van der Waals surface area contributed by atoms with Gasteiger partial charge in [-0.05, 0) is 6.92 Å². The van der Waals surface area contributed by atoms with E-state index in [1.807, 2.05) is 0 Å². The zero-order valence-corrected chi connectivity index (χ0v) is 5.90. The van der Waals surface area contributed by atoms with Gasteiger partial charge in [0.25, 0.3) is 0 Å². The summed E-state index contributed by atoms with van der Waals surface area (Å²) in [6, 6.07) is 0. The van der Waals surface area contributed by atoms with Gasteiger partial charge in [0.1, 0.15) is 0 Å². The van der Waals surface area contributed by atoms with Gasteiger partial charge in [-0.3, -0.25) is 4.79 Å². The first-order valence-electron chi connectivity index (χ1n) is 2.60. The number of carbonyl (C=O) groups is 1. The minimum Gasteiger partial charge on any atom is -0.354 e. The lowest BCUT2D eigenvalue weighted by Crippen LogP contribution is -2.29. The molecule has 0 heterocycles. The highest BCUT2D eigenvalue weighted by Crippen LogP contribution is 1.90. The van der Waals surface area contributed by atoms with Crippen LogP contribution in [0.25, 0.3) is 0 Å². The van der Waals surface area contributed by atoms with Crippen LogP contribution in [-0.2, 0) is 4.79 Å². The van der Waals surface area contributed by atoms with Crippen molar-refractivity contribution in [2.75, 3.05) is 6.54 Å². The third-order valence-corrected chi connectivity index (χ3v) is 1.05. The average molecular weight is 146 g/mol. The molecule has 0 bridgehead atoms. The maximum absolute atomic E-state index is 10.6. The van der Waals surface area contributed by atoms with Crippen LogP contribution in [0.3, 0.4) is 0 Å². The van der Waals surface area contributed by atoms with Crippen molar-refractivity contribution in [1.82, 2.24) is 5.32 Å². The summed E-state index contributed by atoms with van der Waals surface area (Å²) in [5.74, 6) is 1.80. The largest absolute Gasteiger partial charge is 0.354 e. The molecule has 0 aromatic rings. The Morgan fingerprint density at radius 2 is 2.56 bits per heavy atom. The van der Waals surface area contributed by atoms with Crippen LogP contribution in [0.4, 0.5) is 0 Å². The molecule has 0 radical (unpaired) electrons. The zero-order chi connectivity index (χ0) is 7.28. The summed E-state index contributed by atoms with van der Waals surface area (Å²) in [4.78, 5) is 10.6. The minimum atomic E-state index is -0.829. The molecule has 1 N–H and O–H groups in total. The fourth-order valence-electron chi connectivity index (χ4n) is 0.340. The summed E-state index contributed by atoms with van der Waals surface area (Å²) in [5, 5.41) is 1.65. The number of amides is 1. The Balaban J connectivity index is 3.63. The molecular formula is C6H8ClNO. The molecule has 0 unspecified atom stereocenters. The fourth-order valence-corrected chi connectivity index (χ4v) is 0.417. The van der Waals surface area contributed by atoms with Crippen molar-refractivity contribution in [3.05, 3.63) is 0 Å². The number of nitrogens with one attached hydrogen (secondary N) is 1. The van der Waals surface area contributed by atoms with Crippen LogP contribution < -0.4 is 5.32 Å². The summed E-state index contributed by atoms with van der Waals surface area (Å²) >= 11 is 5.35. The summed E-state index contributed by atoms with van der Waals surface area (Å²) in [7, 11) is 0. The van der Waals surface area contributed by atoms with Crippen LogP contribution >= 0.6 is 11.6 Å². The molecule has 3 heteroatoms. The first-order chi connectivity index (χ1) is 4.22. The molecule has 0 aliphatic carbocycles.